The SMILES string of the molecule is CC(C)SC(C)(C)C(C(=O)N1CCCC1C)N1Cc2ccccc2C1=O. The van der Waals surface area contributed by atoms with E-state index in [2.05, 4.69) is 34.6 Å². The summed E-state index contributed by atoms with van der Waals surface area (Å²) in [5.41, 5.74) is 1.76. The van der Waals surface area contributed by atoms with Crippen LogP contribution in [-0.4, -0.2) is 50.2 Å². The van der Waals surface area contributed by atoms with Gasteiger partial charge in [-0.15, -0.1) is 0 Å². The van der Waals surface area contributed by atoms with Crippen LogP contribution in [-0.2, 0) is 11.3 Å². The van der Waals surface area contributed by atoms with E-state index in [0.717, 1.165) is 30.5 Å². The van der Waals surface area contributed by atoms with Gasteiger partial charge < -0.3 is 9.80 Å². The minimum atomic E-state index is -0.449. The molecule has 2 aliphatic heterocycles. The second-order valence-electron chi connectivity index (χ2n) is 8.29. The Kier molecular flexibility index (Phi) is 5.38. The zero-order chi connectivity index (χ0) is 19.1. The first-order valence-electron chi connectivity index (χ1n) is 9.59. The van der Waals surface area contributed by atoms with Gasteiger partial charge in [0.15, 0.2) is 0 Å². The lowest BCUT2D eigenvalue weighted by atomic mass is 9.99. The highest BCUT2D eigenvalue weighted by molar-refractivity contribution is 8.01. The number of thioether (sulfide) groups is 1. The second kappa shape index (κ2) is 7.26. The van der Waals surface area contributed by atoms with Crippen molar-refractivity contribution in [1.82, 2.24) is 9.80 Å². The minimum absolute atomic E-state index is 0.0109. The van der Waals surface area contributed by atoms with Gasteiger partial charge in [-0.25, -0.2) is 0 Å². The predicted molar refractivity (Wildman–Crippen MR) is 107 cm³/mol. The predicted octanol–water partition coefficient (Wildman–Crippen LogP) is 3.94. The van der Waals surface area contributed by atoms with E-state index in [4.69, 9.17) is 0 Å². The lowest BCUT2D eigenvalue weighted by Gasteiger charge is -2.42. The van der Waals surface area contributed by atoms with Gasteiger partial charge in [0.2, 0.25) is 5.91 Å². The third kappa shape index (κ3) is 3.51. The van der Waals surface area contributed by atoms with E-state index in [9.17, 15) is 9.59 Å². The number of nitrogens with zero attached hydrogens (tertiary/aromatic N) is 2. The van der Waals surface area contributed by atoms with Crippen LogP contribution in [0.15, 0.2) is 24.3 Å². The third-order valence-corrected chi connectivity index (χ3v) is 6.73. The zero-order valence-corrected chi connectivity index (χ0v) is 17.3. The Hall–Kier alpha value is -1.49. The first-order chi connectivity index (χ1) is 12.2. The number of hydrogen-bond acceptors (Lipinski definition) is 3. The molecule has 2 unspecified atom stereocenters. The Morgan fingerprint density at radius 2 is 1.96 bits per heavy atom. The van der Waals surface area contributed by atoms with Gasteiger partial charge in [0.05, 0.1) is 0 Å². The summed E-state index contributed by atoms with van der Waals surface area (Å²) in [5, 5.41) is 0.386. The molecule has 0 radical (unpaired) electrons. The van der Waals surface area contributed by atoms with Crippen LogP contribution in [0.4, 0.5) is 0 Å². The van der Waals surface area contributed by atoms with Gasteiger partial charge in [-0.1, -0.05) is 32.0 Å². The molecule has 4 nitrogen and oxygen atoms in total. The molecule has 2 aliphatic rings. The molecular weight excluding hydrogens is 344 g/mol. The largest absolute Gasteiger partial charge is 0.338 e. The molecule has 142 valence electrons. The second-order valence-corrected chi connectivity index (χ2v) is 10.5. The molecule has 0 aliphatic carbocycles. The van der Waals surface area contributed by atoms with Crippen molar-refractivity contribution in [1.29, 1.82) is 0 Å². The van der Waals surface area contributed by atoms with Crippen LogP contribution in [0.5, 0.6) is 0 Å². The maximum absolute atomic E-state index is 13.6. The summed E-state index contributed by atoms with van der Waals surface area (Å²) in [4.78, 5) is 30.5. The maximum Gasteiger partial charge on any atom is 0.255 e. The number of fused-ring (bicyclic) bond motifs is 1. The summed E-state index contributed by atoms with van der Waals surface area (Å²) >= 11 is 1.78. The van der Waals surface area contributed by atoms with Gasteiger partial charge in [-0.05, 0) is 50.5 Å². The maximum atomic E-state index is 13.6. The summed E-state index contributed by atoms with van der Waals surface area (Å²) in [6.45, 7) is 11.9. The number of likely N-dealkylation sites (tertiary alicyclic amines) is 1. The van der Waals surface area contributed by atoms with Crippen molar-refractivity contribution < 1.29 is 9.59 Å². The summed E-state index contributed by atoms with van der Waals surface area (Å²) in [6, 6.07) is 7.53. The van der Waals surface area contributed by atoms with Crippen LogP contribution in [0.3, 0.4) is 0 Å². The molecule has 2 heterocycles. The van der Waals surface area contributed by atoms with Gasteiger partial charge >= 0.3 is 0 Å². The van der Waals surface area contributed by atoms with E-state index in [1.54, 1.807) is 11.8 Å². The van der Waals surface area contributed by atoms with Crippen molar-refractivity contribution in [3.63, 3.8) is 0 Å². The molecule has 2 amide bonds. The molecule has 1 aromatic carbocycles. The van der Waals surface area contributed by atoms with Crippen LogP contribution in [0.1, 0.15) is 63.4 Å². The Bertz CT molecular complexity index is 701. The minimum Gasteiger partial charge on any atom is -0.338 e. The van der Waals surface area contributed by atoms with E-state index in [0.29, 0.717) is 11.8 Å². The lowest BCUT2D eigenvalue weighted by Crippen LogP contribution is -2.58. The lowest BCUT2D eigenvalue weighted by molar-refractivity contribution is -0.137. The van der Waals surface area contributed by atoms with Crippen molar-refractivity contribution in [2.45, 2.75) is 76.1 Å². The highest BCUT2D eigenvalue weighted by Gasteiger charge is 2.48. The van der Waals surface area contributed by atoms with Crippen molar-refractivity contribution >= 4 is 23.6 Å². The molecule has 1 fully saturated rings. The molecule has 0 aromatic heterocycles. The first kappa shape index (κ1) is 19.3. The molecule has 0 N–H and O–H groups in total. The average molecular weight is 375 g/mol. The quantitative estimate of drug-likeness (QED) is 0.784. The Morgan fingerprint density at radius 1 is 1.27 bits per heavy atom. The van der Waals surface area contributed by atoms with Crippen molar-refractivity contribution in [3.8, 4) is 0 Å². The summed E-state index contributed by atoms with van der Waals surface area (Å²) in [5.74, 6) is 0.0949. The van der Waals surface area contributed by atoms with Crippen LogP contribution < -0.4 is 0 Å². The Balaban J connectivity index is 1.96. The van der Waals surface area contributed by atoms with Crippen molar-refractivity contribution in [2.75, 3.05) is 6.54 Å². The van der Waals surface area contributed by atoms with Crippen molar-refractivity contribution in [2.24, 2.45) is 0 Å². The summed E-state index contributed by atoms with van der Waals surface area (Å²) in [6.07, 6.45) is 2.09. The molecule has 0 bridgehead atoms. The van der Waals surface area contributed by atoms with Gasteiger partial charge in [-0.3, -0.25) is 9.59 Å². The fourth-order valence-corrected chi connectivity index (χ4v) is 5.95. The third-order valence-electron chi connectivity index (χ3n) is 5.43. The van der Waals surface area contributed by atoms with E-state index in [1.165, 1.54) is 0 Å². The Labute approximate surface area is 161 Å². The number of hydrogen-bond donors (Lipinski definition) is 0. The average Bonchev–Trinajstić information content (AvgIpc) is 3.11. The fourth-order valence-electron chi connectivity index (χ4n) is 4.38. The monoisotopic (exact) mass is 374 g/mol. The van der Waals surface area contributed by atoms with Gasteiger partial charge in [0.1, 0.15) is 6.04 Å². The molecule has 1 aromatic rings. The molecule has 0 spiro atoms. The normalized spacial score (nSPS) is 21.5. The van der Waals surface area contributed by atoms with Crippen LogP contribution in [0.25, 0.3) is 0 Å². The molecule has 5 heteroatoms. The Morgan fingerprint density at radius 3 is 2.54 bits per heavy atom. The first-order valence-corrected chi connectivity index (χ1v) is 10.5. The molecule has 0 saturated carbocycles. The van der Waals surface area contributed by atoms with Crippen LogP contribution in [0.2, 0.25) is 0 Å². The molecular formula is C21H30N2O2S. The number of benzene rings is 1. The van der Waals surface area contributed by atoms with Crippen LogP contribution >= 0.6 is 11.8 Å². The fraction of sp³-hybridized carbons (Fsp3) is 0.619. The highest BCUT2D eigenvalue weighted by atomic mass is 32.2. The number of amides is 2. The molecule has 26 heavy (non-hydrogen) atoms. The number of carbonyl (C=O) groups is 2. The van der Waals surface area contributed by atoms with Crippen molar-refractivity contribution in [3.05, 3.63) is 35.4 Å². The van der Waals surface area contributed by atoms with E-state index < -0.39 is 6.04 Å². The standard InChI is InChI=1S/C21H30N2O2S/c1-14(2)26-21(4,5)18(20(25)22-12-8-9-15(22)3)23-13-16-10-6-7-11-17(16)19(23)24/h6-7,10-11,14-15,18H,8-9,12-13H2,1-5H3. The summed E-state index contributed by atoms with van der Waals surface area (Å²) < 4.78 is -0.356. The van der Waals surface area contributed by atoms with E-state index >= 15 is 0 Å². The zero-order valence-electron chi connectivity index (χ0n) is 16.5. The van der Waals surface area contributed by atoms with Gasteiger partial charge in [0, 0.05) is 29.4 Å². The van der Waals surface area contributed by atoms with Gasteiger partial charge in [-0.2, -0.15) is 11.8 Å². The van der Waals surface area contributed by atoms with Crippen LogP contribution in [0, 0.1) is 0 Å². The molecule has 1 saturated heterocycles. The number of rotatable bonds is 5. The number of carbonyl (C=O) groups excluding carboxylic acids is 2. The van der Waals surface area contributed by atoms with Gasteiger partial charge in [0.25, 0.3) is 5.91 Å². The summed E-state index contributed by atoms with van der Waals surface area (Å²) in [7, 11) is 0. The molecule has 3 rings (SSSR count). The smallest absolute Gasteiger partial charge is 0.255 e. The molecule has 2 atom stereocenters. The van der Waals surface area contributed by atoms with E-state index in [-0.39, 0.29) is 22.6 Å². The van der Waals surface area contributed by atoms with E-state index in [1.807, 2.05) is 34.1 Å². The highest BCUT2D eigenvalue weighted by Crippen LogP contribution is 2.39. The topological polar surface area (TPSA) is 40.6 Å².